The Morgan fingerprint density at radius 1 is 1.31 bits per heavy atom. The highest BCUT2D eigenvalue weighted by molar-refractivity contribution is 7.54. The van der Waals surface area contributed by atoms with E-state index in [-0.39, 0.29) is 5.66 Å². The first kappa shape index (κ1) is 12.9. The van der Waals surface area contributed by atoms with Gasteiger partial charge in [-0.2, -0.15) is 0 Å². The van der Waals surface area contributed by atoms with Crippen molar-refractivity contribution in [3.63, 3.8) is 0 Å². The van der Waals surface area contributed by atoms with Gasteiger partial charge in [-0.1, -0.05) is 12.2 Å². The lowest BCUT2D eigenvalue weighted by atomic mass is 10.4. The number of allylic oxidation sites excluding steroid dienone is 2. The Bertz CT molecular complexity index is 191. The molecular weight excluding hydrogens is 187 g/mol. The van der Waals surface area contributed by atoms with Crippen molar-refractivity contribution in [2.24, 2.45) is 0 Å². The molecule has 0 aromatic carbocycles. The van der Waals surface area contributed by atoms with Crippen LogP contribution in [0.1, 0.15) is 27.7 Å². The molecule has 0 N–H and O–H groups in total. The van der Waals surface area contributed by atoms with Crippen LogP contribution in [0.5, 0.6) is 0 Å². The lowest BCUT2D eigenvalue weighted by molar-refractivity contribution is 0.216. The molecule has 0 aliphatic heterocycles. The molecule has 0 aromatic heterocycles. The fourth-order valence-electron chi connectivity index (χ4n) is 1.02. The Kier molecular flexibility index (Phi) is 6.31. The van der Waals surface area contributed by atoms with Gasteiger partial charge in [0.2, 0.25) is 0 Å². The molecule has 1 atom stereocenters. The minimum atomic E-state index is -2.91. The van der Waals surface area contributed by atoms with E-state index >= 15 is 0 Å². The molecule has 0 aliphatic rings. The molecule has 0 heterocycles. The molecule has 3 nitrogen and oxygen atoms in total. The molecule has 0 saturated carbocycles. The van der Waals surface area contributed by atoms with E-state index in [1.54, 1.807) is 0 Å². The van der Waals surface area contributed by atoms with Gasteiger partial charge < -0.3 is 9.05 Å². The average molecular weight is 206 g/mol. The van der Waals surface area contributed by atoms with E-state index in [2.05, 4.69) is 0 Å². The summed E-state index contributed by atoms with van der Waals surface area (Å²) in [5, 5.41) is 0. The minimum Gasteiger partial charge on any atom is -0.308 e. The van der Waals surface area contributed by atoms with Crippen LogP contribution in [0.25, 0.3) is 0 Å². The summed E-state index contributed by atoms with van der Waals surface area (Å²) in [5.41, 5.74) is -0.169. The van der Waals surface area contributed by atoms with Crippen LogP contribution >= 0.6 is 7.60 Å². The van der Waals surface area contributed by atoms with Crippen LogP contribution in [0.3, 0.4) is 0 Å². The van der Waals surface area contributed by atoms with Crippen LogP contribution in [-0.4, -0.2) is 18.9 Å². The predicted octanol–water partition coefficient (Wildman–Crippen LogP) is 3.22. The quantitative estimate of drug-likeness (QED) is 0.494. The van der Waals surface area contributed by atoms with Gasteiger partial charge in [-0.25, -0.2) is 0 Å². The first-order chi connectivity index (χ1) is 6.10. The van der Waals surface area contributed by atoms with E-state index < -0.39 is 7.60 Å². The van der Waals surface area contributed by atoms with Crippen molar-refractivity contribution in [3.8, 4) is 0 Å². The second kappa shape index (κ2) is 6.36. The summed E-state index contributed by atoms with van der Waals surface area (Å²) in [6, 6.07) is 0. The summed E-state index contributed by atoms with van der Waals surface area (Å²) in [5.74, 6) is 0. The topological polar surface area (TPSA) is 35.5 Å². The van der Waals surface area contributed by atoms with Crippen molar-refractivity contribution in [1.82, 2.24) is 0 Å². The number of hydrogen-bond donors (Lipinski definition) is 0. The molecule has 0 aliphatic carbocycles. The molecule has 0 rings (SSSR count). The van der Waals surface area contributed by atoms with E-state index in [1.165, 1.54) is 0 Å². The Morgan fingerprint density at radius 3 is 2.08 bits per heavy atom. The van der Waals surface area contributed by atoms with Crippen LogP contribution in [0, 0.1) is 0 Å². The maximum Gasteiger partial charge on any atom is 0.337 e. The molecule has 0 fully saturated rings. The van der Waals surface area contributed by atoms with Gasteiger partial charge in [0, 0.05) is 0 Å². The molecule has 13 heavy (non-hydrogen) atoms. The summed E-state index contributed by atoms with van der Waals surface area (Å²) in [7, 11) is -2.91. The standard InChI is InChI=1S/C9H19O3P/c1-5-8-9(4)13(10,11-6-2)12-7-3/h5,8-9H,6-7H2,1-4H3/b8-5-. The molecule has 4 heteroatoms. The zero-order valence-corrected chi connectivity index (χ0v) is 9.71. The molecule has 0 amide bonds. The molecule has 0 bridgehead atoms. The fourth-order valence-corrected chi connectivity index (χ4v) is 2.66. The van der Waals surface area contributed by atoms with Crippen LogP contribution in [0.15, 0.2) is 12.2 Å². The molecule has 0 saturated heterocycles. The summed E-state index contributed by atoms with van der Waals surface area (Å²) in [4.78, 5) is 0. The highest BCUT2D eigenvalue weighted by Crippen LogP contribution is 2.53. The molecule has 0 radical (unpaired) electrons. The van der Waals surface area contributed by atoms with Gasteiger partial charge in [0.15, 0.2) is 0 Å². The SMILES string of the molecule is C/C=C\C(C)P(=O)(OCC)OCC. The van der Waals surface area contributed by atoms with Gasteiger partial charge in [0.25, 0.3) is 0 Å². The summed E-state index contributed by atoms with van der Waals surface area (Å²) in [6.07, 6.45) is 3.70. The highest BCUT2D eigenvalue weighted by Gasteiger charge is 2.29. The number of rotatable bonds is 6. The molecule has 0 spiro atoms. The lowest BCUT2D eigenvalue weighted by Gasteiger charge is -2.20. The van der Waals surface area contributed by atoms with E-state index in [1.807, 2.05) is 39.8 Å². The second-order valence-corrected chi connectivity index (χ2v) is 5.05. The third-order valence-electron chi connectivity index (χ3n) is 1.59. The van der Waals surface area contributed by atoms with Gasteiger partial charge in [-0.05, 0) is 27.7 Å². The Morgan fingerprint density at radius 2 is 1.77 bits per heavy atom. The van der Waals surface area contributed by atoms with E-state index in [9.17, 15) is 4.57 Å². The molecule has 0 aromatic rings. The first-order valence-corrected chi connectivity index (χ1v) is 6.23. The van der Waals surface area contributed by atoms with Gasteiger partial charge in [0.05, 0.1) is 18.9 Å². The number of hydrogen-bond acceptors (Lipinski definition) is 3. The third kappa shape index (κ3) is 4.08. The van der Waals surface area contributed by atoms with Crippen molar-refractivity contribution in [1.29, 1.82) is 0 Å². The fraction of sp³-hybridized carbons (Fsp3) is 0.778. The summed E-state index contributed by atoms with van der Waals surface area (Å²) < 4.78 is 22.3. The minimum absolute atomic E-state index is 0.169. The highest BCUT2D eigenvalue weighted by atomic mass is 31.2. The van der Waals surface area contributed by atoms with Crippen LogP contribution in [0.2, 0.25) is 0 Å². The van der Waals surface area contributed by atoms with Crippen LogP contribution in [0.4, 0.5) is 0 Å². The zero-order chi connectivity index (χ0) is 10.3. The lowest BCUT2D eigenvalue weighted by Crippen LogP contribution is -2.07. The summed E-state index contributed by atoms with van der Waals surface area (Å²) in [6.45, 7) is 8.19. The zero-order valence-electron chi connectivity index (χ0n) is 8.82. The van der Waals surface area contributed by atoms with Gasteiger partial charge >= 0.3 is 7.60 Å². The first-order valence-electron chi connectivity index (χ1n) is 4.62. The molecule has 78 valence electrons. The predicted molar refractivity (Wildman–Crippen MR) is 55.1 cm³/mol. The van der Waals surface area contributed by atoms with Crippen molar-refractivity contribution in [3.05, 3.63) is 12.2 Å². The van der Waals surface area contributed by atoms with E-state index in [4.69, 9.17) is 9.05 Å². The Balaban J connectivity index is 4.46. The van der Waals surface area contributed by atoms with E-state index in [0.29, 0.717) is 13.2 Å². The third-order valence-corrected chi connectivity index (χ3v) is 3.99. The van der Waals surface area contributed by atoms with Crippen molar-refractivity contribution in [2.75, 3.05) is 13.2 Å². The normalized spacial score (nSPS) is 15.1. The van der Waals surface area contributed by atoms with Crippen LogP contribution in [-0.2, 0) is 13.6 Å². The van der Waals surface area contributed by atoms with Crippen molar-refractivity contribution in [2.45, 2.75) is 33.4 Å². The van der Waals surface area contributed by atoms with Crippen molar-refractivity contribution >= 4 is 7.60 Å². The smallest absolute Gasteiger partial charge is 0.308 e. The monoisotopic (exact) mass is 206 g/mol. The Labute approximate surface area is 80.7 Å². The molecule has 1 unspecified atom stereocenters. The van der Waals surface area contributed by atoms with Crippen molar-refractivity contribution < 1.29 is 13.6 Å². The van der Waals surface area contributed by atoms with E-state index in [0.717, 1.165) is 0 Å². The summed E-state index contributed by atoms with van der Waals surface area (Å²) >= 11 is 0. The second-order valence-electron chi connectivity index (χ2n) is 2.64. The van der Waals surface area contributed by atoms with Gasteiger partial charge in [0.1, 0.15) is 0 Å². The average Bonchev–Trinajstić information content (AvgIpc) is 2.05. The van der Waals surface area contributed by atoms with Gasteiger partial charge in [-0.3, -0.25) is 4.57 Å². The van der Waals surface area contributed by atoms with Crippen LogP contribution < -0.4 is 0 Å². The van der Waals surface area contributed by atoms with Gasteiger partial charge in [-0.15, -0.1) is 0 Å². The molecular formula is C9H19O3P. The maximum absolute atomic E-state index is 12.0. The Hall–Kier alpha value is -0.110. The largest absolute Gasteiger partial charge is 0.337 e. The maximum atomic E-state index is 12.0.